The molecule has 0 aromatic rings. The zero-order valence-corrected chi connectivity index (χ0v) is 6.73. The minimum Gasteiger partial charge on any atom is -0.349 e. The molecule has 1 aliphatic rings. The van der Waals surface area contributed by atoms with Gasteiger partial charge in [-0.3, -0.25) is 4.79 Å². The van der Waals surface area contributed by atoms with Gasteiger partial charge in [-0.1, -0.05) is 11.1 Å². The third-order valence-corrected chi connectivity index (χ3v) is 1.33. The topological polar surface area (TPSA) is 44.5 Å². The Morgan fingerprint density at radius 3 is 3.25 bits per heavy atom. The zero-order valence-electron chi connectivity index (χ0n) is 6.73. The van der Waals surface area contributed by atoms with E-state index < -0.39 is 0 Å². The molecule has 1 amide bonds. The summed E-state index contributed by atoms with van der Waals surface area (Å²) >= 11 is 0. The molecular weight excluding hydrogens is 154 g/mol. The van der Waals surface area contributed by atoms with Crippen LogP contribution < -0.4 is 5.32 Å². The van der Waals surface area contributed by atoms with Crippen molar-refractivity contribution in [3.63, 3.8) is 0 Å². The first-order valence-corrected chi connectivity index (χ1v) is 3.66. The van der Waals surface area contributed by atoms with Crippen LogP contribution in [0.2, 0.25) is 0 Å². The number of nitrogens with one attached hydrogen (secondary N) is 1. The van der Waals surface area contributed by atoms with Crippen LogP contribution in [0.25, 0.3) is 0 Å². The molecule has 0 aliphatic carbocycles. The second kappa shape index (κ2) is 4.43. The van der Waals surface area contributed by atoms with Gasteiger partial charge < -0.3 is 5.32 Å². The van der Waals surface area contributed by atoms with Crippen LogP contribution in [0.15, 0.2) is 17.6 Å². The molecule has 0 fully saturated rings. The summed E-state index contributed by atoms with van der Waals surface area (Å²) in [6.07, 6.45) is 4.89. The Morgan fingerprint density at radius 1 is 1.83 bits per heavy atom. The van der Waals surface area contributed by atoms with E-state index in [0.29, 0.717) is 13.1 Å². The van der Waals surface area contributed by atoms with Crippen molar-refractivity contribution in [3.05, 3.63) is 19.2 Å². The first kappa shape index (κ1) is 8.64. The second-order valence-electron chi connectivity index (χ2n) is 2.33. The van der Waals surface area contributed by atoms with Crippen LogP contribution in [0.4, 0.5) is 0 Å². The van der Waals surface area contributed by atoms with Crippen molar-refractivity contribution in [2.24, 2.45) is 4.99 Å². The number of nitrogens with zero attached hydrogens (tertiary/aromatic N) is 2. The number of hydrogen-bond donors (Lipinski definition) is 1. The lowest BCUT2D eigenvalue weighted by molar-refractivity contribution is -0.457. The molecule has 0 aromatic heterocycles. The minimum atomic E-state index is -0.0344. The van der Waals surface area contributed by atoms with Crippen LogP contribution in [0.1, 0.15) is 1.43 Å². The summed E-state index contributed by atoms with van der Waals surface area (Å²) < 4.78 is 1.71. The average Bonchev–Trinajstić information content (AvgIpc) is 2.53. The fourth-order valence-electron chi connectivity index (χ4n) is 0.788. The highest BCUT2D eigenvalue weighted by molar-refractivity contribution is 5.82. The molecule has 0 saturated heterocycles. The summed E-state index contributed by atoms with van der Waals surface area (Å²) in [5.74, 6) is -0.0344. The molecule has 1 heterocycles. The van der Waals surface area contributed by atoms with Crippen molar-refractivity contribution >= 4 is 18.5 Å². The fraction of sp³-hybridized carbons (Fsp3) is 0.250. The standard InChI is InChI=1S/C8H11N3O.H2/c1-2-3-10-8(12)6-11-5-4-9-7-11;/h2,4-5,7H,1,3,6H2,(H,10,12);1H/q+1;. The maximum atomic E-state index is 11.1. The lowest BCUT2D eigenvalue weighted by Crippen LogP contribution is -2.31. The van der Waals surface area contributed by atoms with Crippen molar-refractivity contribution in [1.82, 2.24) is 5.32 Å². The normalized spacial score (nSPS) is 14.2. The van der Waals surface area contributed by atoms with E-state index in [1.54, 1.807) is 29.7 Å². The van der Waals surface area contributed by atoms with Crippen molar-refractivity contribution in [2.45, 2.75) is 0 Å². The van der Waals surface area contributed by atoms with E-state index in [4.69, 9.17) is 0 Å². The fourth-order valence-corrected chi connectivity index (χ4v) is 0.788. The van der Waals surface area contributed by atoms with Gasteiger partial charge in [-0.05, 0) is 0 Å². The largest absolute Gasteiger partial charge is 0.349 e. The molecule has 1 rings (SSSR count). The van der Waals surface area contributed by atoms with E-state index in [0.717, 1.165) is 0 Å². The smallest absolute Gasteiger partial charge is 0.282 e. The van der Waals surface area contributed by atoms with Gasteiger partial charge in [-0.25, -0.2) is 4.58 Å². The number of carbonyl (C=O) groups excluding carboxylic acids is 1. The third kappa shape index (κ3) is 2.65. The Labute approximate surface area is 72.8 Å². The molecule has 0 atom stereocenters. The van der Waals surface area contributed by atoms with Crippen LogP contribution in [0.5, 0.6) is 0 Å². The molecule has 0 saturated carbocycles. The summed E-state index contributed by atoms with van der Waals surface area (Å²) in [6, 6.07) is 0. The van der Waals surface area contributed by atoms with Crippen LogP contribution in [-0.4, -0.2) is 36.1 Å². The zero-order chi connectivity index (χ0) is 8.81. The van der Waals surface area contributed by atoms with E-state index in [-0.39, 0.29) is 7.33 Å². The van der Waals surface area contributed by atoms with Crippen LogP contribution >= 0.6 is 0 Å². The van der Waals surface area contributed by atoms with Gasteiger partial charge in [0.15, 0.2) is 12.8 Å². The Bertz CT molecular complexity index is 248. The van der Waals surface area contributed by atoms with Gasteiger partial charge in [0, 0.05) is 7.97 Å². The molecule has 12 heavy (non-hydrogen) atoms. The Morgan fingerprint density at radius 2 is 2.67 bits per heavy atom. The molecule has 4 nitrogen and oxygen atoms in total. The lowest BCUT2D eigenvalue weighted by Gasteiger charge is -1.99. The van der Waals surface area contributed by atoms with Gasteiger partial charge in [0.2, 0.25) is 6.54 Å². The predicted molar refractivity (Wildman–Crippen MR) is 49.3 cm³/mol. The maximum Gasteiger partial charge on any atom is 0.282 e. The lowest BCUT2D eigenvalue weighted by atomic mass is 10.5. The summed E-state index contributed by atoms with van der Waals surface area (Å²) in [7, 11) is 0. The molecule has 4 heteroatoms. The highest BCUT2D eigenvalue weighted by atomic mass is 16.1. The number of carbonyl (C=O) groups is 1. The van der Waals surface area contributed by atoms with Crippen molar-refractivity contribution in [3.8, 4) is 0 Å². The SMILES string of the molecule is C=CCNC(=O)C[N+]1=CN=C[CH]1.[HH]. The van der Waals surface area contributed by atoms with Crippen molar-refractivity contribution in [1.29, 1.82) is 0 Å². The van der Waals surface area contributed by atoms with E-state index >= 15 is 0 Å². The molecule has 0 spiro atoms. The van der Waals surface area contributed by atoms with Gasteiger partial charge in [0.05, 0.1) is 0 Å². The average molecular weight is 167 g/mol. The van der Waals surface area contributed by atoms with Gasteiger partial charge in [0.1, 0.15) is 0 Å². The van der Waals surface area contributed by atoms with E-state index in [9.17, 15) is 4.79 Å². The van der Waals surface area contributed by atoms with E-state index in [1.165, 1.54) is 0 Å². The Balaban J connectivity index is 0.00000144. The quantitative estimate of drug-likeness (QED) is 0.458. The monoisotopic (exact) mass is 167 g/mol. The molecular formula is C8H13N3O+. The maximum absolute atomic E-state index is 11.1. The second-order valence-corrected chi connectivity index (χ2v) is 2.33. The summed E-state index contributed by atoms with van der Waals surface area (Å²) in [4.78, 5) is 14.9. The molecule has 1 aliphatic heterocycles. The molecule has 0 unspecified atom stereocenters. The van der Waals surface area contributed by atoms with Gasteiger partial charge in [-0.15, -0.1) is 6.58 Å². The third-order valence-electron chi connectivity index (χ3n) is 1.33. The van der Waals surface area contributed by atoms with Gasteiger partial charge >= 0.3 is 0 Å². The number of aliphatic imine (C=N–C) groups is 1. The van der Waals surface area contributed by atoms with Crippen molar-refractivity contribution in [2.75, 3.05) is 13.1 Å². The van der Waals surface area contributed by atoms with E-state index in [1.807, 2.05) is 0 Å². The molecule has 65 valence electrons. The van der Waals surface area contributed by atoms with Crippen molar-refractivity contribution < 1.29 is 10.8 Å². The predicted octanol–water partition coefficient (Wildman–Crippen LogP) is -0.178. The summed E-state index contributed by atoms with van der Waals surface area (Å²) in [5, 5.41) is 2.66. The number of hydrogen-bond acceptors (Lipinski definition) is 2. The molecule has 0 aromatic carbocycles. The van der Waals surface area contributed by atoms with E-state index in [2.05, 4.69) is 16.9 Å². The highest BCUT2D eigenvalue weighted by Crippen LogP contribution is 1.85. The van der Waals surface area contributed by atoms with Gasteiger partial charge in [0.25, 0.3) is 12.2 Å². The molecule has 1 radical (unpaired) electrons. The Hall–Kier alpha value is -1.45. The molecule has 0 bridgehead atoms. The van der Waals surface area contributed by atoms with Crippen LogP contribution in [0, 0.1) is 6.54 Å². The van der Waals surface area contributed by atoms with Crippen LogP contribution in [0.3, 0.4) is 0 Å². The Kier molecular flexibility index (Phi) is 3.19. The number of rotatable bonds is 4. The molecule has 1 N–H and O–H groups in total. The highest BCUT2D eigenvalue weighted by Gasteiger charge is 2.11. The number of amides is 1. The minimum absolute atomic E-state index is 0. The summed E-state index contributed by atoms with van der Waals surface area (Å²) in [6.45, 7) is 6.06. The van der Waals surface area contributed by atoms with Gasteiger partial charge in [-0.2, -0.15) is 0 Å². The summed E-state index contributed by atoms with van der Waals surface area (Å²) in [5.41, 5.74) is 0. The first-order chi connectivity index (χ1) is 5.83. The first-order valence-electron chi connectivity index (χ1n) is 3.66. The van der Waals surface area contributed by atoms with Crippen LogP contribution in [-0.2, 0) is 4.79 Å².